The van der Waals surface area contributed by atoms with Crippen LogP contribution in [0.2, 0.25) is 0 Å². The molecule has 2 heterocycles. The Labute approximate surface area is 183 Å². The minimum Gasteiger partial charge on any atom is -0.447 e. The maximum absolute atomic E-state index is 12.4. The van der Waals surface area contributed by atoms with Crippen molar-refractivity contribution >= 4 is 17.5 Å². The van der Waals surface area contributed by atoms with Gasteiger partial charge in [0, 0.05) is 30.1 Å². The molecule has 3 N–H and O–H groups in total. The van der Waals surface area contributed by atoms with Crippen molar-refractivity contribution in [1.29, 1.82) is 0 Å². The molecule has 0 saturated heterocycles. The van der Waals surface area contributed by atoms with Crippen molar-refractivity contribution in [2.24, 2.45) is 0 Å². The molecule has 10 heteroatoms. The number of rotatable bonds is 7. The van der Waals surface area contributed by atoms with Crippen molar-refractivity contribution in [2.45, 2.75) is 13.0 Å². The fourth-order valence-electron chi connectivity index (χ4n) is 3.07. The van der Waals surface area contributed by atoms with E-state index in [9.17, 15) is 9.59 Å². The van der Waals surface area contributed by atoms with Crippen LogP contribution in [-0.2, 0) is 17.7 Å². The Balaban J connectivity index is 1.42. The number of hydrogen-bond donors (Lipinski definition) is 2. The maximum Gasteiger partial charge on any atom is 0.411 e. The molecule has 0 fully saturated rings. The van der Waals surface area contributed by atoms with E-state index in [2.05, 4.69) is 20.5 Å². The fourth-order valence-corrected chi connectivity index (χ4v) is 3.07. The number of benzene rings is 2. The van der Waals surface area contributed by atoms with Gasteiger partial charge in [-0.15, -0.1) is 0 Å². The quantitative estimate of drug-likeness (QED) is 0.429. The lowest BCUT2D eigenvalue weighted by molar-refractivity contribution is 0.155. The first-order valence-electron chi connectivity index (χ1n) is 9.87. The number of nitrogens with two attached hydrogens (primary N) is 1. The van der Waals surface area contributed by atoms with E-state index in [0.29, 0.717) is 30.0 Å². The van der Waals surface area contributed by atoms with Gasteiger partial charge in [-0.3, -0.25) is 10.1 Å². The lowest BCUT2D eigenvalue weighted by Crippen LogP contribution is -2.18. The second-order valence-corrected chi connectivity index (χ2v) is 6.96. The molecule has 0 aliphatic carbocycles. The van der Waals surface area contributed by atoms with Crippen molar-refractivity contribution in [1.82, 2.24) is 24.5 Å². The number of amides is 1. The standard InChI is InChI=1S/C22H21N7O3/c23-17-4-2-6-19(13-17)29-8-7-21(30)20(27-29)12-16-3-1-5-18(11-16)26-22(31)32-10-9-28-15-24-14-25-28/h1-8,11,13-15H,9-10,12,23H2,(H,26,31). The first kappa shape index (κ1) is 20.8. The summed E-state index contributed by atoms with van der Waals surface area (Å²) in [6, 6.07) is 15.9. The number of nitrogen functional groups attached to an aromatic ring is 1. The third kappa shape index (κ3) is 5.36. The molecule has 4 aromatic rings. The van der Waals surface area contributed by atoms with E-state index in [-0.39, 0.29) is 12.0 Å². The molecule has 0 aliphatic rings. The first-order valence-corrected chi connectivity index (χ1v) is 9.87. The summed E-state index contributed by atoms with van der Waals surface area (Å²) in [7, 11) is 0. The Hall–Kier alpha value is -4.47. The fraction of sp³-hybridized carbons (Fsp3) is 0.136. The topological polar surface area (TPSA) is 130 Å². The normalized spacial score (nSPS) is 10.6. The number of nitrogens with zero attached hydrogens (tertiary/aromatic N) is 5. The van der Waals surface area contributed by atoms with Gasteiger partial charge in [-0.25, -0.2) is 19.1 Å². The van der Waals surface area contributed by atoms with Crippen LogP contribution < -0.4 is 16.5 Å². The van der Waals surface area contributed by atoms with E-state index in [1.807, 2.05) is 18.2 Å². The minimum atomic E-state index is -0.580. The summed E-state index contributed by atoms with van der Waals surface area (Å²) in [4.78, 5) is 28.2. The number of anilines is 2. The highest BCUT2D eigenvalue weighted by molar-refractivity contribution is 5.84. The van der Waals surface area contributed by atoms with Crippen molar-refractivity contribution in [2.75, 3.05) is 17.7 Å². The summed E-state index contributed by atoms with van der Waals surface area (Å²) < 4.78 is 8.34. The minimum absolute atomic E-state index is 0.159. The summed E-state index contributed by atoms with van der Waals surface area (Å²) in [6.07, 6.45) is 4.29. The molecule has 0 unspecified atom stereocenters. The van der Waals surface area contributed by atoms with Crippen molar-refractivity contribution in [3.8, 4) is 5.69 Å². The zero-order chi connectivity index (χ0) is 22.3. The largest absolute Gasteiger partial charge is 0.447 e. The second-order valence-electron chi connectivity index (χ2n) is 6.96. The van der Waals surface area contributed by atoms with E-state index in [1.54, 1.807) is 52.2 Å². The molecule has 4 rings (SSSR count). The van der Waals surface area contributed by atoms with Gasteiger partial charge in [0.1, 0.15) is 25.0 Å². The van der Waals surface area contributed by atoms with Crippen LogP contribution in [0.1, 0.15) is 11.3 Å². The first-order chi connectivity index (χ1) is 15.6. The Morgan fingerprint density at radius 3 is 2.81 bits per heavy atom. The predicted octanol–water partition coefficient (Wildman–Crippen LogP) is 2.25. The summed E-state index contributed by atoms with van der Waals surface area (Å²) in [6.45, 7) is 0.568. The van der Waals surface area contributed by atoms with Gasteiger partial charge in [-0.2, -0.15) is 10.2 Å². The Kier molecular flexibility index (Phi) is 6.21. The van der Waals surface area contributed by atoms with Crippen LogP contribution >= 0.6 is 0 Å². The zero-order valence-corrected chi connectivity index (χ0v) is 17.1. The van der Waals surface area contributed by atoms with Crippen LogP contribution in [0, 0.1) is 0 Å². The molecule has 0 bridgehead atoms. The number of ether oxygens (including phenoxy) is 1. The van der Waals surface area contributed by atoms with E-state index >= 15 is 0 Å². The Bertz CT molecular complexity index is 1270. The van der Waals surface area contributed by atoms with E-state index in [1.165, 1.54) is 12.4 Å². The molecule has 0 aliphatic heterocycles. The monoisotopic (exact) mass is 431 g/mol. The van der Waals surface area contributed by atoms with Gasteiger partial charge >= 0.3 is 6.09 Å². The number of hydrogen-bond acceptors (Lipinski definition) is 7. The molecule has 2 aromatic carbocycles. The predicted molar refractivity (Wildman–Crippen MR) is 118 cm³/mol. The average Bonchev–Trinajstić information content (AvgIpc) is 3.29. The van der Waals surface area contributed by atoms with Gasteiger partial charge in [-0.05, 0) is 35.9 Å². The second kappa shape index (κ2) is 9.56. The SMILES string of the molecule is Nc1cccc(-n2ccc(=O)c(Cc3cccc(NC(=O)OCCn4cncn4)c3)n2)c1. The molecule has 32 heavy (non-hydrogen) atoms. The maximum atomic E-state index is 12.4. The molecule has 0 radical (unpaired) electrons. The smallest absolute Gasteiger partial charge is 0.411 e. The lowest BCUT2D eigenvalue weighted by Gasteiger charge is -2.10. The molecule has 0 saturated carbocycles. The van der Waals surface area contributed by atoms with Gasteiger partial charge in [0.05, 0.1) is 12.2 Å². The van der Waals surface area contributed by atoms with Crippen LogP contribution in [-0.4, -0.2) is 37.2 Å². The Morgan fingerprint density at radius 1 is 1.12 bits per heavy atom. The van der Waals surface area contributed by atoms with Gasteiger partial charge in [0.25, 0.3) is 0 Å². The highest BCUT2D eigenvalue weighted by Gasteiger charge is 2.08. The van der Waals surface area contributed by atoms with Gasteiger partial charge in [-0.1, -0.05) is 18.2 Å². The molecular weight excluding hydrogens is 410 g/mol. The number of aromatic nitrogens is 5. The Morgan fingerprint density at radius 2 is 2.00 bits per heavy atom. The van der Waals surface area contributed by atoms with Crippen LogP contribution in [0.5, 0.6) is 0 Å². The molecule has 10 nitrogen and oxygen atoms in total. The zero-order valence-electron chi connectivity index (χ0n) is 17.1. The molecular formula is C22H21N7O3. The number of carbonyl (C=O) groups is 1. The van der Waals surface area contributed by atoms with Crippen molar-refractivity contribution in [3.63, 3.8) is 0 Å². The van der Waals surface area contributed by atoms with E-state index in [0.717, 1.165) is 11.3 Å². The summed E-state index contributed by atoms with van der Waals surface area (Å²) in [5.41, 5.74) is 8.79. The lowest BCUT2D eigenvalue weighted by atomic mass is 10.1. The number of nitrogens with one attached hydrogen (secondary N) is 1. The summed E-state index contributed by atoms with van der Waals surface area (Å²) in [5.74, 6) is 0. The van der Waals surface area contributed by atoms with Crippen LogP contribution in [0.4, 0.5) is 16.2 Å². The van der Waals surface area contributed by atoms with Crippen LogP contribution in [0.15, 0.2) is 78.2 Å². The molecule has 162 valence electrons. The van der Waals surface area contributed by atoms with Gasteiger partial charge < -0.3 is 10.5 Å². The molecule has 0 spiro atoms. The van der Waals surface area contributed by atoms with E-state index < -0.39 is 6.09 Å². The highest BCUT2D eigenvalue weighted by Crippen LogP contribution is 2.14. The van der Waals surface area contributed by atoms with Gasteiger partial charge in [0.2, 0.25) is 5.43 Å². The van der Waals surface area contributed by atoms with Crippen LogP contribution in [0.25, 0.3) is 5.69 Å². The van der Waals surface area contributed by atoms with Crippen molar-refractivity contribution < 1.29 is 9.53 Å². The number of carbonyl (C=O) groups excluding carboxylic acids is 1. The van der Waals surface area contributed by atoms with E-state index in [4.69, 9.17) is 10.5 Å². The summed E-state index contributed by atoms with van der Waals surface area (Å²) >= 11 is 0. The third-order valence-electron chi connectivity index (χ3n) is 4.58. The van der Waals surface area contributed by atoms with Crippen molar-refractivity contribution in [3.05, 3.63) is 94.9 Å². The molecule has 1 amide bonds. The highest BCUT2D eigenvalue weighted by atomic mass is 16.5. The molecule has 0 atom stereocenters. The van der Waals surface area contributed by atoms with Crippen LogP contribution in [0.3, 0.4) is 0 Å². The third-order valence-corrected chi connectivity index (χ3v) is 4.58. The summed E-state index contributed by atoms with van der Waals surface area (Å²) in [5, 5.41) is 11.1. The molecule has 2 aromatic heterocycles. The average molecular weight is 431 g/mol. The van der Waals surface area contributed by atoms with Gasteiger partial charge in [0.15, 0.2) is 0 Å².